The van der Waals surface area contributed by atoms with Crippen molar-refractivity contribution in [2.75, 3.05) is 7.05 Å². The van der Waals surface area contributed by atoms with E-state index < -0.39 is 0 Å². The molecule has 4 nitrogen and oxygen atoms in total. The molecule has 0 unspecified atom stereocenters. The molecule has 1 aliphatic heterocycles. The Kier molecular flexibility index (Phi) is 2.82. The van der Waals surface area contributed by atoms with E-state index in [1.54, 1.807) is 18.0 Å². The topological polar surface area (TPSA) is 38.1 Å². The van der Waals surface area contributed by atoms with Crippen LogP contribution in [0.3, 0.4) is 0 Å². The van der Waals surface area contributed by atoms with Crippen LogP contribution in [0.15, 0.2) is 24.4 Å². The summed E-state index contributed by atoms with van der Waals surface area (Å²) >= 11 is 6.22. The number of amides is 1. The number of carbonyl (C=O) groups is 1. The van der Waals surface area contributed by atoms with Crippen LogP contribution >= 0.6 is 11.6 Å². The number of hydrogen-bond acceptors (Lipinski definition) is 2. The monoisotopic (exact) mass is 275 g/mol. The van der Waals surface area contributed by atoms with Crippen LogP contribution in [0.25, 0.3) is 5.69 Å². The zero-order chi connectivity index (χ0) is 13.6. The first kappa shape index (κ1) is 12.2. The molecule has 2 aromatic rings. The van der Waals surface area contributed by atoms with E-state index in [0.29, 0.717) is 17.1 Å². The van der Waals surface area contributed by atoms with Gasteiger partial charge in [-0.1, -0.05) is 24.6 Å². The molecule has 0 bridgehead atoms. The Hall–Kier alpha value is -1.81. The minimum Gasteiger partial charge on any atom is -0.336 e. The molecule has 19 heavy (non-hydrogen) atoms. The SMILES string of the molecule is CCc1ncc2n1-c1cccc(Cl)c1C(=O)N(C)C2. The standard InChI is InChI=1S/C14H14ClN3O/c1-3-12-16-7-9-8-17(2)14(19)13-10(15)5-4-6-11(13)18(9)12/h4-7H,3,8H2,1-2H3. The second kappa shape index (κ2) is 4.38. The van der Waals surface area contributed by atoms with E-state index in [4.69, 9.17) is 11.6 Å². The van der Waals surface area contributed by atoms with E-state index in [1.807, 2.05) is 22.9 Å². The number of carbonyl (C=O) groups excluding carboxylic acids is 1. The summed E-state index contributed by atoms with van der Waals surface area (Å²) in [6.45, 7) is 2.59. The van der Waals surface area contributed by atoms with Crippen LogP contribution in [-0.2, 0) is 13.0 Å². The summed E-state index contributed by atoms with van der Waals surface area (Å²) in [5.74, 6) is 0.896. The van der Waals surface area contributed by atoms with Gasteiger partial charge in [-0.05, 0) is 12.1 Å². The first-order chi connectivity index (χ1) is 9.13. The first-order valence-electron chi connectivity index (χ1n) is 6.23. The summed E-state index contributed by atoms with van der Waals surface area (Å²) < 4.78 is 2.04. The molecule has 1 aromatic heterocycles. The second-order valence-electron chi connectivity index (χ2n) is 4.65. The number of aromatic nitrogens is 2. The lowest BCUT2D eigenvalue weighted by Crippen LogP contribution is -2.25. The Morgan fingerprint density at radius 1 is 1.42 bits per heavy atom. The molecule has 0 fully saturated rings. The number of halogens is 1. The van der Waals surface area contributed by atoms with Crippen LogP contribution in [0.5, 0.6) is 0 Å². The molecule has 1 amide bonds. The number of nitrogens with zero attached hydrogens (tertiary/aromatic N) is 3. The third-order valence-corrected chi connectivity index (χ3v) is 3.73. The lowest BCUT2D eigenvalue weighted by molar-refractivity contribution is 0.0788. The molecule has 1 aliphatic rings. The number of benzene rings is 1. The highest BCUT2D eigenvalue weighted by atomic mass is 35.5. The van der Waals surface area contributed by atoms with Gasteiger partial charge in [-0.15, -0.1) is 0 Å². The fourth-order valence-corrected chi connectivity index (χ4v) is 2.75. The average Bonchev–Trinajstić information content (AvgIpc) is 2.75. The van der Waals surface area contributed by atoms with Crippen molar-refractivity contribution in [3.8, 4) is 5.69 Å². The lowest BCUT2D eigenvalue weighted by atomic mass is 10.1. The van der Waals surface area contributed by atoms with Gasteiger partial charge in [-0.2, -0.15) is 0 Å². The minimum absolute atomic E-state index is 0.0497. The molecular weight excluding hydrogens is 262 g/mol. The Labute approximate surface area is 116 Å². The van der Waals surface area contributed by atoms with Gasteiger partial charge in [0.1, 0.15) is 5.82 Å². The van der Waals surface area contributed by atoms with Crippen molar-refractivity contribution in [1.82, 2.24) is 14.5 Å². The normalized spacial score (nSPS) is 14.1. The van der Waals surface area contributed by atoms with Crippen molar-refractivity contribution < 1.29 is 4.79 Å². The predicted molar refractivity (Wildman–Crippen MR) is 73.7 cm³/mol. The fraction of sp³-hybridized carbons (Fsp3) is 0.286. The molecule has 5 heteroatoms. The zero-order valence-electron chi connectivity index (χ0n) is 10.9. The van der Waals surface area contributed by atoms with Crippen LogP contribution in [0.4, 0.5) is 0 Å². The molecule has 0 saturated heterocycles. The zero-order valence-corrected chi connectivity index (χ0v) is 11.6. The molecule has 0 radical (unpaired) electrons. The second-order valence-corrected chi connectivity index (χ2v) is 5.06. The van der Waals surface area contributed by atoms with Gasteiger partial charge in [-0.25, -0.2) is 4.98 Å². The smallest absolute Gasteiger partial charge is 0.257 e. The van der Waals surface area contributed by atoms with Crippen molar-refractivity contribution >= 4 is 17.5 Å². The molecule has 0 atom stereocenters. The number of fused-ring (bicyclic) bond motifs is 3. The highest BCUT2D eigenvalue weighted by molar-refractivity contribution is 6.34. The van der Waals surface area contributed by atoms with Gasteiger partial charge < -0.3 is 4.90 Å². The molecule has 0 N–H and O–H groups in total. The molecule has 2 heterocycles. The van der Waals surface area contributed by atoms with Gasteiger partial charge in [-0.3, -0.25) is 9.36 Å². The van der Waals surface area contributed by atoms with E-state index in [-0.39, 0.29) is 5.91 Å². The third kappa shape index (κ3) is 1.75. The van der Waals surface area contributed by atoms with Crippen LogP contribution in [-0.4, -0.2) is 27.4 Å². The Bertz CT molecular complexity index is 663. The lowest BCUT2D eigenvalue weighted by Gasteiger charge is -2.14. The fourth-order valence-electron chi connectivity index (χ4n) is 2.50. The Morgan fingerprint density at radius 3 is 2.95 bits per heavy atom. The number of aryl methyl sites for hydroxylation is 1. The first-order valence-corrected chi connectivity index (χ1v) is 6.61. The third-order valence-electron chi connectivity index (χ3n) is 3.42. The summed E-state index contributed by atoms with van der Waals surface area (Å²) in [6, 6.07) is 5.53. The molecule has 1 aromatic carbocycles. The van der Waals surface area contributed by atoms with Gasteiger partial charge in [0, 0.05) is 13.5 Å². The van der Waals surface area contributed by atoms with Crippen molar-refractivity contribution in [1.29, 1.82) is 0 Å². The van der Waals surface area contributed by atoms with Gasteiger partial charge in [0.05, 0.1) is 34.7 Å². The molecule has 3 rings (SSSR count). The van der Waals surface area contributed by atoms with E-state index in [0.717, 1.165) is 23.6 Å². The van der Waals surface area contributed by atoms with Crippen LogP contribution in [0, 0.1) is 0 Å². The minimum atomic E-state index is -0.0497. The van der Waals surface area contributed by atoms with Crippen molar-refractivity contribution in [3.63, 3.8) is 0 Å². The molecule has 0 saturated carbocycles. The Morgan fingerprint density at radius 2 is 2.21 bits per heavy atom. The van der Waals surface area contributed by atoms with E-state index >= 15 is 0 Å². The summed E-state index contributed by atoms with van der Waals surface area (Å²) in [4.78, 5) is 18.5. The maximum Gasteiger partial charge on any atom is 0.257 e. The highest BCUT2D eigenvalue weighted by Gasteiger charge is 2.27. The van der Waals surface area contributed by atoms with Crippen molar-refractivity contribution in [2.45, 2.75) is 19.9 Å². The largest absolute Gasteiger partial charge is 0.336 e. The van der Waals surface area contributed by atoms with Crippen LogP contribution in [0.1, 0.15) is 28.8 Å². The van der Waals surface area contributed by atoms with E-state index in [1.165, 1.54) is 0 Å². The Balaban J connectivity index is 2.37. The quantitative estimate of drug-likeness (QED) is 0.802. The maximum absolute atomic E-state index is 12.4. The van der Waals surface area contributed by atoms with Crippen molar-refractivity contribution in [3.05, 3.63) is 46.5 Å². The van der Waals surface area contributed by atoms with E-state index in [2.05, 4.69) is 11.9 Å². The maximum atomic E-state index is 12.4. The van der Waals surface area contributed by atoms with Crippen molar-refractivity contribution in [2.24, 2.45) is 0 Å². The summed E-state index contributed by atoms with van der Waals surface area (Å²) in [5.41, 5.74) is 2.39. The summed E-state index contributed by atoms with van der Waals surface area (Å²) in [5, 5.41) is 0.484. The molecule has 0 spiro atoms. The van der Waals surface area contributed by atoms with Gasteiger partial charge in [0.15, 0.2) is 0 Å². The molecular formula is C14H14ClN3O. The van der Waals surface area contributed by atoms with Crippen LogP contribution in [0.2, 0.25) is 5.02 Å². The van der Waals surface area contributed by atoms with Crippen LogP contribution < -0.4 is 0 Å². The summed E-state index contributed by atoms with van der Waals surface area (Å²) in [6.07, 6.45) is 2.64. The molecule has 98 valence electrons. The van der Waals surface area contributed by atoms with Gasteiger partial charge >= 0.3 is 0 Å². The molecule has 0 aliphatic carbocycles. The number of imidazole rings is 1. The highest BCUT2D eigenvalue weighted by Crippen LogP contribution is 2.30. The average molecular weight is 276 g/mol. The van der Waals surface area contributed by atoms with Gasteiger partial charge in [0.2, 0.25) is 0 Å². The summed E-state index contributed by atoms with van der Waals surface area (Å²) in [7, 11) is 1.78. The number of rotatable bonds is 1. The van der Waals surface area contributed by atoms with E-state index in [9.17, 15) is 4.79 Å². The van der Waals surface area contributed by atoms with Gasteiger partial charge in [0.25, 0.3) is 5.91 Å². The number of hydrogen-bond donors (Lipinski definition) is 0. The predicted octanol–water partition coefficient (Wildman–Crippen LogP) is 2.67.